The molecule has 1 N–H and O–H groups in total. The molecule has 24 heavy (non-hydrogen) atoms. The molecular weight excluding hydrogens is 311 g/mol. The van der Waals surface area contributed by atoms with Crippen molar-refractivity contribution in [2.24, 2.45) is 0 Å². The summed E-state index contributed by atoms with van der Waals surface area (Å²) < 4.78 is 24.8. The van der Waals surface area contributed by atoms with Crippen molar-refractivity contribution in [1.29, 1.82) is 5.26 Å². The van der Waals surface area contributed by atoms with Gasteiger partial charge < -0.3 is 14.5 Å². The summed E-state index contributed by atoms with van der Waals surface area (Å²) in [6, 6.07) is 6.97. The predicted octanol–water partition coefficient (Wildman–Crippen LogP) is 3.51. The molecule has 0 atom stereocenters. The average Bonchev–Trinajstić information content (AvgIpc) is 2.80. The van der Waals surface area contributed by atoms with E-state index in [1.807, 2.05) is 6.07 Å². The minimum absolute atomic E-state index is 0.00352. The predicted molar refractivity (Wildman–Crippen MR) is 86.6 cm³/mol. The van der Waals surface area contributed by atoms with Crippen LogP contribution in [0.25, 0.3) is 11.0 Å². The van der Waals surface area contributed by atoms with Crippen molar-refractivity contribution >= 4 is 17.1 Å². The number of ether oxygens (including phenoxy) is 1. The van der Waals surface area contributed by atoms with Crippen LogP contribution in [-0.2, 0) is 11.2 Å². The van der Waals surface area contributed by atoms with Crippen LogP contribution in [0.2, 0.25) is 0 Å². The van der Waals surface area contributed by atoms with Crippen LogP contribution in [0, 0.1) is 29.0 Å². The standard InChI is InChI=1S/C18H17FN2O3/c1-18(2,3)24-17(22)21-11-5-8-14-16(19)15-12(9-10-20)6-4-7-13(15)23-14/h4,6-7H,9,11H2,1-3H3,(H,21,22). The summed E-state index contributed by atoms with van der Waals surface area (Å²) in [5.41, 5.74) is 0.292. The molecule has 0 bridgehead atoms. The number of nitrogens with one attached hydrogen (secondary N) is 1. The second kappa shape index (κ2) is 7.06. The second-order valence-corrected chi connectivity index (χ2v) is 6.03. The Morgan fingerprint density at radius 3 is 2.83 bits per heavy atom. The highest BCUT2D eigenvalue weighted by Gasteiger charge is 2.16. The number of carbonyl (C=O) groups excluding carboxylic acids is 1. The van der Waals surface area contributed by atoms with Crippen molar-refractivity contribution in [1.82, 2.24) is 5.32 Å². The van der Waals surface area contributed by atoms with E-state index < -0.39 is 17.5 Å². The molecule has 1 heterocycles. The zero-order valence-corrected chi connectivity index (χ0v) is 13.7. The molecule has 124 valence electrons. The second-order valence-electron chi connectivity index (χ2n) is 6.03. The number of carbonyl (C=O) groups is 1. The monoisotopic (exact) mass is 328 g/mol. The number of fused-ring (bicyclic) bond motifs is 1. The number of nitrogens with zero attached hydrogens (tertiary/aromatic N) is 1. The molecule has 0 saturated heterocycles. The van der Waals surface area contributed by atoms with Crippen LogP contribution in [0.4, 0.5) is 9.18 Å². The lowest BCUT2D eigenvalue weighted by Gasteiger charge is -2.18. The Labute approximate surface area is 139 Å². The molecule has 0 aliphatic carbocycles. The summed E-state index contributed by atoms with van der Waals surface area (Å²) in [4.78, 5) is 11.5. The Bertz CT molecular complexity index is 860. The van der Waals surface area contributed by atoms with Crippen molar-refractivity contribution in [3.63, 3.8) is 0 Å². The first-order valence-electron chi connectivity index (χ1n) is 7.34. The van der Waals surface area contributed by atoms with Gasteiger partial charge in [-0.2, -0.15) is 5.26 Å². The van der Waals surface area contributed by atoms with E-state index in [2.05, 4.69) is 17.2 Å². The summed E-state index contributed by atoms with van der Waals surface area (Å²) in [7, 11) is 0. The highest BCUT2D eigenvalue weighted by atomic mass is 19.1. The molecule has 2 aromatic rings. The lowest BCUT2D eigenvalue weighted by atomic mass is 10.1. The molecule has 1 aromatic carbocycles. The van der Waals surface area contributed by atoms with Gasteiger partial charge in [-0.05, 0) is 38.3 Å². The van der Waals surface area contributed by atoms with E-state index in [9.17, 15) is 9.18 Å². The molecule has 0 saturated carbocycles. The molecule has 0 aliphatic heterocycles. The van der Waals surface area contributed by atoms with Gasteiger partial charge in [0.2, 0.25) is 5.76 Å². The van der Waals surface area contributed by atoms with Crippen LogP contribution < -0.4 is 5.32 Å². The molecule has 0 radical (unpaired) electrons. The molecule has 2 rings (SSSR count). The fraction of sp³-hybridized carbons (Fsp3) is 0.333. The molecule has 1 amide bonds. The quantitative estimate of drug-likeness (QED) is 0.856. The number of hydrogen-bond acceptors (Lipinski definition) is 4. The minimum Gasteiger partial charge on any atom is -0.444 e. The summed E-state index contributed by atoms with van der Waals surface area (Å²) in [5, 5.41) is 11.5. The fourth-order valence-electron chi connectivity index (χ4n) is 2.05. The van der Waals surface area contributed by atoms with Gasteiger partial charge in [0.15, 0.2) is 5.82 Å². The Morgan fingerprint density at radius 2 is 2.17 bits per heavy atom. The number of nitriles is 1. The number of furan rings is 1. The first-order chi connectivity index (χ1) is 11.3. The van der Waals surface area contributed by atoms with E-state index >= 15 is 0 Å². The molecule has 6 heteroatoms. The van der Waals surface area contributed by atoms with Crippen molar-refractivity contribution < 1.29 is 18.3 Å². The molecule has 0 aliphatic rings. The van der Waals surface area contributed by atoms with Crippen molar-refractivity contribution in [2.45, 2.75) is 32.8 Å². The van der Waals surface area contributed by atoms with Crippen molar-refractivity contribution in [3.05, 3.63) is 35.3 Å². The van der Waals surface area contributed by atoms with Crippen molar-refractivity contribution in [2.75, 3.05) is 6.54 Å². The third-order valence-corrected chi connectivity index (χ3v) is 2.93. The van der Waals surface area contributed by atoms with Gasteiger partial charge in [-0.3, -0.25) is 0 Å². The normalized spacial score (nSPS) is 10.6. The van der Waals surface area contributed by atoms with E-state index in [1.54, 1.807) is 39.0 Å². The lowest BCUT2D eigenvalue weighted by molar-refractivity contribution is 0.0535. The largest absolute Gasteiger partial charge is 0.444 e. The van der Waals surface area contributed by atoms with E-state index in [0.717, 1.165) is 0 Å². The van der Waals surface area contributed by atoms with Gasteiger partial charge >= 0.3 is 6.09 Å². The zero-order chi connectivity index (χ0) is 17.7. The van der Waals surface area contributed by atoms with Crippen LogP contribution in [-0.4, -0.2) is 18.2 Å². The number of benzene rings is 1. The number of amides is 1. The summed E-state index contributed by atoms with van der Waals surface area (Å²) in [6.45, 7) is 5.25. The molecule has 5 nitrogen and oxygen atoms in total. The van der Waals surface area contributed by atoms with E-state index in [1.165, 1.54) is 0 Å². The average molecular weight is 328 g/mol. The Kier molecular flexibility index (Phi) is 5.11. The highest BCUT2D eigenvalue weighted by molar-refractivity contribution is 5.83. The fourth-order valence-corrected chi connectivity index (χ4v) is 2.05. The van der Waals surface area contributed by atoms with Gasteiger partial charge in [-0.25, -0.2) is 9.18 Å². The molecule has 0 spiro atoms. The zero-order valence-electron chi connectivity index (χ0n) is 13.7. The van der Waals surface area contributed by atoms with Gasteiger partial charge in [0.25, 0.3) is 0 Å². The molecule has 0 unspecified atom stereocenters. The first kappa shape index (κ1) is 17.4. The maximum atomic E-state index is 14.4. The SMILES string of the molecule is CC(C)(C)OC(=O)NCC#Cc1oc2cccc(CC#N)c2c1F. The van der Waals surface area contributed by atoms with E-state index in [-0.39, 0.29) is 24.1 Å². The van der Waals surface area contributed by atoms with E-state index in [4.69, 9.17) is 14.4 Å². The topological polar surface area (TPSA) is 75.3 Å². The Balaban J connectivity index is 2.12. The number of hydrogen-bond donors (Lipinski definition) is 1. The van der Waals surface area contributed by atoms with Gasteiger partial charge in [0.1, 0.15) is 11.2 Å². The van der Waals surface area contributed by atoms with Gasteiger partial charge in [-0.1, -0.05) is 18.1 Å². The van der Waals surface area contributed by atoms with Gasteiger partial charge in [-0.15, -0.1) is 0 Å². The maximum Gasteiger partial charge on any atom is 0.408 e. The third kappa shape index (κ3) is 4.27. The van der Waals surface area contributed by atoms with Crippen molar-refractivity contribution in [3.8, 4) is 17.9 Å². The summed E-state index contributed by atoms with van der Waals surface area (Å²) in [5.74, 6) is 4.44. The van der Waals surface area contributed by atoms with E-state index in [0.29, 0.717) is 11.1 Å². The smallest absolute Gasteiger partial charge is 0.408 e. The summed E-state index contributed by atoms with van der Waals surface area (Å²) in [6.07, 6.45) is -0.515. The third-order valence-electron chi connectivity index (χ3n) is 2.93. The highest BCUT2D eigenvalue weighted by Crippen LogP contribution is 2.27. The van der Waals surface area contributed by atoms with Crippen LogP contribution in [0.5, 0.6) is 0 Å². The van der Waals surface area contributed by atoms with Gasteiger partial charge in [0, 0.05) is 0 Å². The van der Waals surface area contributed by atoms with Gasteiger partial charge in [0.05, 0.1) is 24.4 Å². The van der Waals surface area contributed by atoms with Crippen LogP contribution in [0.1, 0.15) is 32.1 Å². The van der Waals surface area contributed by atoms with Crippen LogP contribution >= 0.6 is 0 Å². The minimum atomic E-state index is -0.599. The first-order valence-corrected chi connectivity index (χ1v) is 7.34. The Hall–Kier alpha value is -2.99. The Morgan fingerprint density at radius 1 is 1.42 bits per heavy atom. The number of halogens is 1. The van der Waals surface area contributed by atoms with Crippen LogP contribution in [0.3, 0.4) is 0 Å². The molecule has 1 aromatic heterocycles. The summed E-state index contributed by atoms with van der Waals surface area (Å²) >= 11 is 0. The molecule has 0 fully saturated rings. The number of rotatable bonds is 2. The van der Waals surface area contributed by atoms with Crippen LogP contribution in [0.15, 0.2) is 22.6 Å². The maximum absolute atomic E-state index is 14.4. The molecular formula is C18H17FN2O3. The number of alkyl carbamates (subject to hydrolysis) is 1. The lowest BCUT2D eigenvalue weighted by Crippen LogP contribution is -2.32.